The molecule has 0 saturated heterocycles. The Morgan fingerprint density at radius 1 is 1.03 bits per heavy atom. The fourth-order valence-electron chi connectivity index (χ4n) is 4.06. The van der Waals surface area contributed by atoms with Gasteiger partial charge in [-0.25, -0.2) is 9.48 Å². The van der Waals surface area contributed by atoms with Crippen molar-refractivity contribution in [3.63, 3.8) is 0 Å². The number of nitrogens with one attached hydrogen (secondary N) is 1. The number of aromatic nitrogens is 2. The van der Waals surface area contributed by atoms with Gasteiger partial charge in [-0.05, 0) is 63.4 Å². The quantitative estimate of drug-likeness (QED) is 0.459. The van der Waals surface area contributed by atoms with Crippen molar-refractivity contribution < 1.29 is 9.21 Å². The molecular weight excluding hydrogens is 402 g/mol. The van der Waals surface area contributed by atoms with Crippen LogP contribution in [-0.2, 0) is 17.8 Å². The average molecular weight is 430 g/mol. The SMILES string of the molecule is Cc1ccc2c(C)c(CCC(=O)NCc3c(C)nn(-c4ccccc4)c3C)c(=O)oc2c1. The molecule has 2 aromatic heterocycles. The van der Waals surface area contributed by atoms with E-state index >= 15 is 0 Å². The van der Waals surface area contributed by atoms with Crippen LogP contribution < -0.4 is 10.9 Å². The van der Waals surface area contributed by atoms with Crippen molar-refractivity contribution in [2.24, 2.45) is 0 Å². The highest BCUT2D eigenvalue weighted by Gasteiger charge is 2.16. The summed E-state index contributed by atoms with van der Waals surface area (Å²) in [5.41, 5.74) is 6.54. The largest absolute Gasteiger partial charge is 0.423 e. The molecule has 0 aliphatic carbocycles. The molecule has 6 nitrogen and oxygen atoms in total. The number of para-hydroxylation sites is 1. The summed E-state index contributed by atoms with van der Waals surface area (Å²) in [7, 11) is 0. The van der Waals surface area contributed by atoms with E-state index in [-0.39, 0.29) is 18.0 Å². The van der Waals surface area contributed by atoms with Crippen molar-refractivity contribution in [3.05, 3.63) is 92.6 Å². The Hall–Kier alpha value is -3.67. The molecule has 0 spiro atoms. The van der Waals surface area contributed by atoms with Crippen LogP contribution in [0.4, 0.5) is 0 Å². The number of amides is 1. The topological polar surface area (TPSA) is 77.1 Å². The molecule has 0 aliphatic heterocycles. The van der Waals surface area contributed by atoms with E-state index in [0.29, 0.717) is 24.1 Å². The average Bonchev–Trinajstić information content (AvgIpc) is 3.05. The molecule has 2 aromatic carbocycles. The lowest BCUT2D eigenvalue weighted by atomic mass is 10.0. The van der Waals surface area contributed by atoms with Crippen LogP contribution in [0.2, 0.25) is 0 Å². The number of nitrogens with zero attached hydrogens (tertiary/aromatic N) is 2. The lowest BCUT2D eigenvalue weighted by molar-refractivity contribution is -0.121. The van der Waals surface area contributed by atoms with E-state index in [9.17, 15) is 9.59 Å². The Kier molecular flexibility index (Phi) is 5.95. The number of fused-ring (bicyclic) bond motifs is 1. The molecule has 0 atom stereocenters. The number of rotatable bonds is 6. The van der Waals surface area contributed by atoms with E-state index in [4.69, 9.17) is 4.42 Å². The van der Waals surface area contributed by atoms with Crippen molar-refractivity contribution >= 4 is 16.9 Å². The molecule has 2 heterocycles. The maximum atomic E-state index is 12.5. The van der Waals surface area contributed by atoms with Crippen molar-refractivity contribution in [2.45, 2.75) is 47.1 Å². The molecule has 0 saturated carbocycles. The van der Waals surface area contributed by atoms with Gasteiger partial charge in [0, 0.05) is 35.2 Å². The van der Waals surface area contributed by atoms with Crippen LogP contribution in [0.5, 0.6) is 0 Å². The molecule has 0 fully saturated rings. The Labute approximate surface area is 186 Å². The van der Waals surface area contributed by atoms with Gasteiger partial charge in [0.1, 0.15) is 5.58 Å². The fourth-order valence-corrected chi connectivity index (χ4v) is 4.06. The van der Waals surface area contributed by atoms with Gasteiger partial charge in [-0.1, -0.05) is 30.3 Å². The van der Waals surface area contributed by atoms with E-state index in [1.165, 1.54) is 0 Å². The van der Waals surface area contributed by atoms with Crippen molar-refractivity contribution in [1.82, 2.24) is 15.1 Å². The van der Waals surface area contributed by atoms with E-state index in [1.54, 1.807) is 0 Å². The van der Waals surface area contributed by atoms with E-state index < -0.39 is 0 Å². The van der Waals surface area contributed by atoms with Gasteiger partial charge in [-0.15, -0.1) is 0 Å². The maximum Gasteiger partial charge on any atom is 0.339 e. The summed E-state index contributed by atoms with van der Waals surface area (Å²) >= 11 is 0. The first kappa shape index (κ1) is 21.6. The zero-order valence-electron chi connectivity index (χ0n) is 18.9. The number of hydrogen-bond donors (Lipinski definition) is 1. The molecule has 6 heteroatoms. The third-order valence-electron chi connectivity index (χ3n) is 5.95. The summed E-state index contributed by atoms with van der Waals surface area (Å²) in [6.07, 6.45) is 0.555. The molecule has 0 bridgehead atoms. The number of aryl methyl sites for hydroxylation is 3. The van der Waals surface area contributed by atoms with Crippen LogP contribution >= 0.6 is 0 Å². The van der Waals surface area contributed by atoms with Gasteiger partial charge in [0.15, 0.2) is 0 Å². The minimum atomic E-state index is -0.371. The number of benzene rings is 2. The Balaban J connectivity index is 1.44. The van der Waals surface area contributed by atoms with Gasteiger partial charge in [-0.2, -0.15) is 5.10 Å². The first-order valence-electron chi connectivity index (χ1n) is 10.8. The molecular formula is C26H27N3O3. The summed E-state index contributed by atoms with van der Waals surface area (Å²) in [6, 6.07) is 15.7. The Morgan fingerprint density at radius 2 is 1.78 bits per heavy atom. The molecule has 0 aliphatic rings. The third kappa shape index (κ3) is 4.21. The standard InChI is InChI=1S/C26H27N3O3/c1-16-10-11-21-17(2)22(26(31)32-24(21)14-16)12-13-25(30)27-15-23-18(3)28-29(19(23)4)20-8-6-5-7-9-20/h5-11,14H,12-13,15H2,1-4H3,(H,27,30). The summed E-state index contributed by atoms with van der Waals surface area (Å²) in [6.45, 7) is 8.21. The molecule has 4 rings (SSSR count). The van der Waals surface area contributed by atoms with Gasteiger partial charge in [0.25, 0.3) is 0 Å². The van der Waals surface area contributed by atoms with Crippen LogP contribution in [0.1, 0.15) is 40.1 Å². The van der Waals surface area contributed by atoms with Crippen molar-refractivity contribution in [2.75, 3.05) is 0 Å². The van der Waals surface area contributed by atoms with Crippen LogP contribution in [0.15, 0.2) is 57.7 Å². The molecule has 164 valence electrons. The normalized spacial score (nSPS) is 11.1. The molecule has 32 heavy (non-hydrogen) atoms. The number of hydrogen-bond acceptors (Lipinski definition) is 4. The highest BCUT2D eigenvalue weighted by molar-refractivity contribution is 5.82. The summed E-state index contributed by atoms with van der Waals surface area (Å²) in [5.74, 6) is -0.112. The van der Waals surface area contributed by atoms with Gasteiger partial charge < -0.3 is 9.73 Å². The molecule has 1 N–H and O–H groups in total. The minimum Gasteiger partial charge on any atom is -0.423 e. The van der Waals surface area contributed by atoms with E-state index in [0.717, 1.165) is 39.2 Å². The van der Waals surface area contributed by atoms with Crippen LogP contribution in [0.3, 0.4) is 0 Å². The first-order valence-corrected chi connectivity index (χ1v) is 10.8. The highest BCUT2D eigenvalue weighted by Crippen LogP contribution is 2.21. The van der Waals surface area contributed by atoms with Gasteiger partial charge in [0.05, 0.1) is 11.4 Å². The summed E-state index contributed by atoms with van der Waals surface area (Å²) in [4.78, 5) is 25.0. The van der Waals surface area contributed by atoms with Crippen molar-refractivity contribution in [1.29, 1.82) is 0 Å². The Bertz CT molecular complexity index is 1350. The van der Waals surface area contributed by atoms with E-state index in [1.807, 2.05) is 80.9 Å². The van der Waals surface area contributed by atoms with Crippen LogP contribution in [0.25, 0.3) is 16.7 Å². The molecule has 0 radical (unpaired) electrons. The molecule has 4 aromatic rings. The van der Waals surface area contributed by atoms with Crippen LogP contribution in [0, 0.1) is 27.7 Å². The zero-order valence-corrected chi connectivity index (χ0v) is 18.9. The van der Waals surface area contributed by atoms with Gasteiger partial charge in [-0.3, -0.25) is 4.79 Å². The summed E-state index contributed by atoms with van der Waals surface area (Å²) < 4.78 is 7.39. The smallest absolute Gasteiger partial charge is 0.339 e. The highest BCUT2D eigenvalue weighted by atomic mass is 16.4. The zero-order chi connectivity index (χ0) is 22.8. The van der Waals surface area contributed by atoms with E-state index in [2.05, 4.69) is 10.4 Å². The number of carbonyl (C=O) groups excluding carboxylic acids is 1. The van der Waals surface area contributed by atoms with Gasteiger partial charge in [0.2, 0.25) is 5.91 Å². The van der Waals surface area contributed by atoms with Crippen molar-refractivity contribution in [3.8, 4) is 5.69 Å². The second kappa shape index (κ2) is 8.83. The third-order valence-corrected chi connectivity index (χ3v) is 5.95. The monoisotopic (exact) mass is 429 g/mol. The Morgan fingerprint density at radius 3 is 2.53 bits per heavy atom. The lowest BCUT2D eigenvalue weighted by Gasteiger charge is -2.09. The summed E-state index contributed by atoms with van der Waals surface area (Å²) in [5, 5.41) is 8.50. The number of carbonyl (C=O) groups is 1. The second-order valence-electron chi connectivity index (χ2n) is 8.17. The first-order chi connectivity index (χ1) is 15.3. The van der Waals surface area contributed by atoms with Gasteiger partial charge >= 0.3 is 5.63 Å². The predicted molar refractivity (Wildman–Crippen MR) is 125 cm³/mol. The lowest BCUT2D eigenvalue weighted by Crippen LogP contribution is -2.24. The van der Waals surface area contributed by atoms with Crippen LogP contribution in [-0.4, -0.2) is 15.7 Å². The second-order valence-corrected chi connectivity index (χ2v) is 8.17. The molecule has 0 unspecified atom stereocenters. The predicted octanol–water partition coefficient (Wildman–Crippen LogP) is 4.46. The fraction of sp³-hybridized carbons (Fsp3) is 0.269. The minimum absolute atomic E-state index is 0.112. The molecule has 1 amide bonds. The maximum absolute atomic E-state index is 12.5.